The van der Waals surface area contributed by atoms with Gasteiger partial charge in [0, 0.05) is 0 Å². The molecule has 1 saturated carbocycles. The molecule has 0 aliphatic heterocycles. The topological polar surface area (TPSA) is 38.8 Å². The van der Waals surface area contributed by atoms with Crippen molar-refractivity contribution in [1.29, 1.82) is 0 Å². The van der Waals surface area contributed by atoms with Crippen LogP contribution in [-0.2, 0) is 9.26 Å². The van der Waals surface area contributed by atoms with Crippen molar-refractivity contribution in [2.75, 3.05) is 0 Å². The van der Waals surface area contributed by atoms with Crippen LogP contribution >= 0.6 is 0 Å². The maximum atomic E-state index is 12.7. The van der Waals surface area contributed by atoms with Crippen molar-refractivity contribution in [3.63, 3.8) is 0 Å². The third-order valence-corrected chi connectivity index (χ3v) is 8.96. The van der Waals surface area contributed by atoms with Crippen LogP contribution in [0.2, 0.25) is 18.1 Å². The quantitative estimate of drug-likeness (QED) is 0.376. The molecule has 0 aromatic rings. The van der Waals surface area contributed by atoms with Gasteiger partial charge < -0.3 is 9.26 Å². The van der Waals surface area contributed by atoms with Gasteiger partial charge >= 0.3 is 6.09 Å². The molecule has 1 atom stereocenters. The smallest absolute Gasteiger partial charge is 0.434 e. The van der Waals surface area contributed by atoms with Crippen molar-refractivity contribution in [3.05, 3.63) is 12.2 Å². The lowest BCUT2D eigenvalue weighted by Gasteiger charge is -2.42. The summed E-state index contributed by atoms with van der Waals surface area (Å²) >= 11 is 0. The van der Waals surface area contributed by atoms with E-state index in [4.69, 9.17) is 9.26 Å². The first-order chi connectivity index (χ1) is 10.2. The Morgan fingerprint density at radius 3 is 2.00 bits per heavy atom. The zero-order valence-corrected chi connectivity index (χ0v) is 17.4. The third kappa shape index (κ3) is 5.64. The minimum atomic E-state index is -2.15. The first-order valence-corrected chi connectivity index (χ1v) is 11.5. The molecule has 23 heavy (non-hydrogen) atoms. The lowest BCUT2D eigenvalue weighted by Crippen LogP contribution is -2.52. The van der Waals surface area contributed by atoms with E-state index < -0.39 is 20.0 Å². The maximum absolute atomic E-state index is 12.7. The number of hydrogen-bond donors (Lipinski definition) is 0. The van der Waals surface area contributed by atoms with Gasteiger partial charge in [0.2, 0.25) is 8.32 Å². The minimum absolute atomic E-state index is 0.00783. The maximum Gasteiger partial charge on any atom is 0.434 e. The molecule has 0 bridgehead atoms. The monoisotopic (exact) mass is 341 g/mol. The predicted molar refractivity (Wildman–Crippen MR) is 97.7 cm³/mol. The molecule has 1 unspecified atom stereocenters. The normalized spacial score (nSPS) is 17.6. The average molecular weight is 342 g/mol. The summed E-state index contributed by atoms with van der Waals surface area (Å²) in [5, 5.41) is 1.46. The van der Waals surface area contributed by atoms with E-state index in [1.807, 2.05) is 27.7 Å². The summed E-state index contributed by atoms with van der Waals surface area (Å²) < 4.78 is 11.9. The molecule has 0 heterocycles. The fraction of sp³-hybridized carbons (Fsp3) is 0.833. The molecular weight excluding hydrogens is 306 g/mol. The number of carbonyl (C=O) groups excluding carboxylic acids is 1. The number of hydrogen-bond acceptors (Lipinski definition) is 3. The molecular formula is C18H35NO3Si. The fourth-order valence-corrected chi connectivity index (χ4v) is 2.91. The zero-order valence-electron chi connectivity index (χ0n) is 16.4. The number of amides is 1. The highest BCUT2D eigenvalue weighted by Crippen LogP contribution is 2.41. The van der Waals surface area contributed by atoms with Crippen molar-refractivity contribution in [2.45, 2.75) is 91.1 Å². The van der Waals surface area contributed by atoms with E-state index in [0.29, 0.717) is 5.92 Å². The van der Waals surface area contributed by atoms with E-state index in [1.165, 1.54) is 5.06 Å². The van der Waals surface area contributed by atoms with Crippen LogP contribution in [0.1, 0.15) is 61.3 Å². The van der Waals surface area contributed by atoms with E-state index >= 15 is 0 Å². The summed E-state index contributed by atoms with van der Waals surface area (Å²) in [7, 11) is -2.15. The van der Waals surface area contributed by atoms with Gasteiger partial charge in [-0.15, -0.1) is 0 Å². The van der Waals surface area contributed by atoms with Crippen molar-refractivity contribution < 1.29 is 14.1 Å². The molecule has 1 rings (SSSR count). The first-order valence-electron chi connectivity index (χ1n) is 8.56. The molecule has 0 N–H and O–H groups in total. The van der Waals surface area contributed by atoms with Gasteiger partial charge in [-0.05, 0) is 70.2 Å². The lowest BCUT2D eigenvalue weighted by atomic mass is 10.1. The lowest BCUT2D eigenvalue weighted by molar-refractivity contribution is -0.0966. The van der Waals surface area contributed by atoms with Gasteiger partial charge in [0.05, 0.1) is 6.04 Å². The van der Waals surface area contributed by atoms with E-state index in [-0.39, 0.29) is 11.1 Å². The largest absolute Gasteiger partial charge is 0.442 e. The van der Waals surface area contributed by atoms with Gasteiger partial charge in [0.25, 0.3) is 0 Å². The average Bonchev–Trinajstić information content (AvgIpc) is 3.14. The molecule has 1 amide bonds. The van der Waals surface area contributed by atoms with E-state index in [0.717, 1.165) is 18.4 Å². The second-order valence-electron chi connectivity index (χ2n) is 9.18. The Morgan fingerprint density at radius 1 is 1.17 bits per heavy atom. The number of carbonyl (C=O) groups is 1. The summed E-state index contributed by atoms with van der Waals surface area (Å²) in [6, 6.07) is -0.175. The standard InChI is InChI=1S/C18H35NO3Si/c1-13(15-11-12-15)14(2)19(16(20)21-17(3,4)5)22-23(9,10)18(6,7)8/h14-15H,1,11-12H2,2-10H3. The summed E-state index contributed by atoms with van der Waals surface area (Å²) in [6.45, 7) is 22.5. The predicted octanol–water partition coefficient (Wildman–Crippen LogP) is 5.52. The van der Waals surface area contributed by atoms with Gasteiger partial charge in [0.1, 0.15) is 5.60 Å². The molecule has 1 aliphatic carbocycles. The highest BCUT2D eigenvalue weighted by atomic mass is 28.4. The molecule has 0 aromatic heterocycles. The van der Waals surface area contributed by atoms with E-state index in [1.54, 1.807) is 0 Å². The number of rotatable bonds is 5. The van der Waals surface area contributed by atoms with Crippen molar-refractivity contribution >= 4 is 14.4 Å². The Hall–Kier alpha value is -0.813. The van der Waals surface area contributed by atoms with Crippen LogP contribution in [0.4, 0.5) is 4.79 Å². The molecule has 0 radical (unpaired) electrons. The van der Waals surface area contributed by atoms with Gasteiger partial charge in [-0.25, -0.2) is 4.79 Å². The molecule has 1 fully saturated rings. The molecule has 134 valence electrons. The van der Waals surface area contributed by atoms with Crippen molar-refractivity contribution in [3.8, 4) is 0 Å². The van der Waals surface area contributed by atoms with Gasteiger partial charge in [-0.3, -0.25) is 0 Å². The highest BCUT2D eigenvalue weighted by Gasteiger charge is 2.44. The minimum Gasteiger partial charge on any atom is -0.442 e. The summed E-state index contributed by atoms with van der Waals surface area (Å²) in [5.74, 6) is 0.512. The van der Waals surface area contributed by atoms with Crippen LogP contribution < -0.4 is 0 Å². The van der Waals surface area contributed by atoms with Crippen LogP contribution in [0.5, 0.6) is 0 Å². The summed E-state index contributed by atoms with van der Waals surface area (Å²) in [5.41, 5.74) is 0.516. The Morgan fingerprint density at radius 2 is 1.65 bits per heavy atom. The number of hydroxylamine groups is 2. The van der Waals surface area contributed by atoms with Crippen LogP contribution in [0.3, 0.4) is 0 Å². The van der Waals surface area contributed by atoms with Gasteiger partial charge in [0.15, 0.2) is 0 Å². The fourth-order valence-electron chi connectivity index (χ4n) is 1.91. The van der Waals surface area contributed by atoms with Gasteiger partial charge in [-0.1, -0.05) is 27.4 Å². The molecule has 0 aromatic carbocycles. The van der Waals surface area contributed by atoms with Crippen LogP contribution in [0.25, 0.3) is 0 Å². The van der Waals surface area contributed by atoms with E-state index in [2.05, 4.69) is 40.4 Å². The van der Waals surface area contributed by atoms with E-state index in [9.17, 15) is 4.79 Å². The van der Waals surface area contributed by atoms with Crippen LogP contribution in [0, 0.1) is 5.92 Å². The Balaban J connectivity index is 3.00. The van der Waals surface area contributed by atoms with Gasteiger partial charge in [-0.2, -0.15) is 5.06 Å². The first kappa shape index (κ1) is 20.2. The Bertz CT molecular complexity index is 456. The number of ether oxygens (including phenoxy) is 1. The molecule has 1 aliphatic rings. The summed E-state index contributed by atoms with van der Waals surface area (Å²) in [4.78, 5) is 12.7. The molecule has 0 saturated heterocycles. The number of nitrogens with zero attached hydrogens (tertiary/aromatic N) is 1. The van der Waals surface area contributed by atoms with Crippen molar-refractivity contribution in [2.24, 2.45) is 5.92 Å². The molecule has 4 nitrogen and oxygen atoms in total. The second kappa shape index (κ2) is 6.59. The third-order valence-electron chi connectivity index (χ3n) is 4.70. The second-order valence-corrected chi connectivity index (χ2v) is 13.9. The van der Waals surface area contributed by atoms with Crippen molar-refractivity contribution in [1.82, 2.24) is 5.06 Å². The Labute approximate surface area is 143 Å². The molecule has 0 spiro atoms. The summed E-state index contributed by atoms with van der Waals surface area (Å²) in [6.07, 6.45) is 1.90. The Kier molecular flexibility index (Phi) is 5.80. The highest BCUT2D eigenvalue weighted by molar-refractivity contribution is 6.74. The molecule has 5 heteroatoms. The zero-order chi connectivity index (χ0) is 18.2. The van der Waals surface area contributed by atoms with Crippen LogP contribution in [0.15, 0.2) is 12.2 Å². The SMILES string of the molecule is C=C(C1CC1)C(C)N(O[Si](C)(C)C(C)(C)C)C(=O)OC(C)(C)C. The van der Waals surface area contributed by atoms with Crippen LogP contribution in [-0.4, -0.2) is 31.1 Å².